The Balaban J connectivity index is 1.49. The molecule has 0 bridgehead atoms. The number of para-hydroxylation sites is 1. The lowest BCUT2D eigenvalue weighted by molar-refractivity contribution is -0.384. The number of nitrogens with zero attached hydrogens (tertiary/aromatic N) is 4. The average molecular weight is 549 g/mol. The molecule has 0 atom stereocenters. The summed E-state index contributed by atoms with van der Waals surface area (Å²) < 4.78 is 8.40. The first-order valence-corrected chi connectivity index (χ1v) is 13.2. The molecule has 3 aromatic carbocycles. The molecule has 0 unspecified atom stereocenters. The van der Waals surface area contributed by atoms with Crippen LogP contribution in [-0.4, -0.2) is 19.5 Å². The van der Waals surface area contributed by atoms with E-state index in [9.17, 15) is 10.1 Å². The fourth-order valence-electron chi connectivity index (χ4n) is 4.92. The molecule has 6 aromatic rings. The Bertz CT molecular complexity index is 1920. The van der Waals surface area contributed by atoms with E-state index < -0.39 is 4.92 Å². The van der Waals surface area contributed by atoms with Crippen LogP contribution >= 0.6 is 11.6 Å². The molecule has 0 saturated heterocycles. The van der Waals surface area contributed by atoms with E-state index >= 15 is 0 Å². The van der Waals surface area contributed by atoms with Gasteiger partial charge in [0, 0.05) is 35.3 Å². The zero-order chi connectivity index (χ0) is 28.0. The quantitative estimate of drug-likeness (QED) is 0.159. The van der Waals surface area contributed by atoms with Crippen LogP contribution in [0.2, 0.25) is 5.02 Å². The molecule has 0 amide bonds. The van der Waals surface area contributed by atoms with Crippen LogP contribution < -0.4 is 4.74 Å². The minimum Gasteiger partial charge on any atom is -0.457 e. The smallest absolute Gasteiger partial charge is 0.279 e. The minimum absolute atomic E-state index is 0.0329. The van der Waals surface area contributed by atoms with Crippen LogP contribution in [0.4, 0.5) is 5.69 Å². The molecule has 0 aliphatic carbocycles. The fraction of sp³-hybridized carbons (Fsp3) is 0.125. The molecular formula is C32H25ClN4O3. The predicted octanol–water partition coefficient (Wildman–Crippen LogP) is 8.89. The zero-order valence-electron chi connectivity index (χ0n) is 22.1. The van der Waals surface area contributed by atoms with Gasteiger partial charge in [0.25, 0.3) is 5.69 Å². The molecule has 40 heavy (non-hydrogen) atoms. The van der Waals surface area contributed by atoms with E-state index in [0.717, 1.165) is 27.6 Å². The van der Waals surface area contributed by atoms with Crippen LogP contribution in [0.15, 0.2) is 97.3 Å². The summed E-state index contributed by atoms with van der Waals surface area (Å²) in [7, 11) is 0. The molecule has 3 aromatic heterocycles. The molecule has 0 saturated carbocycles. The van der Waals surface area contributed by atoms with Crippen molar-refractivity contribution < 1.29 is 9.66 Å². The molecule has 3 heterocycles. The summed E-state index contributed by atoms with van der Waals surface area (Å²) in [6, 6.07) is 26.2. The normalized spacial score (nSPS) is 11.7. The highest BCUT2D eigenvalue weighted by Crippen LogP contribution is 2.39. The second-order valence-electron chi connectivity index (χ2n) is 10.6. The summed E-state index contributed by atoms with van der Waals surface area (Å²) in [5, 5.41) is 14.2. The van der Waals surface area contributed by atoms with Crippen LogP contribution in [0.5, 0.6) is 11.5 Å². The maximum atomic E-state index is 11.8. The van der Waals surface area contributed by atoms with Gasteiger partial charge in [0.1, 0.15) is 17.3 Å². The number of rotatable bonds is 5. The van der Waals surface area contributed by atoms with E-state index in [1.807, 2.05) is 42.6 Å². The summed E-state index contributed by atoms with van der Waals surface area (Å²) in [6.45, 7) is 6.54. The van der Waals surface area contributed by atoms with Crippen LogP contribution in [0.1, 0.15) is 26.3 Å². The fourth-order valence-corrected chi connectivity index (χ4v) is 5.14. The number of halogens is 1. The number of benzene rings is 3. The van der Waals surface area contributed by atoms with Gasteiger partial charge in [0.2, 0.25) is 0 Å². The van der Waals surface area contributed by atoms with Crippen molar-refractivity contribution in [3.8, 4) is 28.6 Å². The van der Waals surface area contributed by atoms with Crippen molar-refractivity contribution in [2.75, 3.05) is 0 Å². The largest absolute Gasteiger partial charge is 0.457 e. The Morgan fingerprint density at radius 3 is 2.35 bits per heavy atom. The monoisotopic (exact) mass is 548 g/mol. The molecule has 198 valence electrons. The number of fused-ring (bicyclic) bond motifs is 3. The number of ether oxygens (including phenoxy) is 1. The summed E-state index contributed by atoms with van der Waals surface area (Å²) in [5.74, 6) is 1.82. The van der Waals surface area contributed by atoms with Gasteiger partial charge in [-0.1, -0.05) is 50.6 Å². The van der Waals surface area contributed by atoms with Crippen molar-refractivity contribution >= 4 is 39.1 Å². The SMILES string of the molecule is CC(C)(C)c1ccnc(-n2c3ccccc3c3ccc(Oc4ccc([N+](=O)[O-])c(-c5ncccc5Cl)c4)cc32)c1. The molecule has 7 nitrogen and oxygen atoms in total. The number of pyridine rings is 2. The molecular weight excluding hydrogens is 524 g/mol. The van der Waals surface area contributed by atoms with Gasteiger partial charge in [-0.25, -0.2) is 4.98 Å². The molecule has 0 radical (unpaired) electrons. The second-order valence-corrected chi connectivity index (χ2v) is 11.0. The van der Waals surface area contributed by atoms with Crippen molar-refractivity contribution in [3.05, 3.63) is 118 Å². The summed E-state index contributed by atoms with van der Waals surface area (Å²) in [5.41, 5.74) is 3.63. The van der Waals surface area contributed by atoms with Gasteiger partial charge in [-0.3, -0.25) is 19.7 Å². The van der Waals surface area contributed by atoms with Crippen molar-refractivity contribution in [2.45, 2.75) is 26.2 Å². The number of aromatic nitrogens is 3. The lowest BCUT2D eigenvalue weighted by Gasteiger charge is -2.20. The van der Waals surface area contributed by atoms with Crippen LogP contribution in [0.3, 0.4) is 0 Å². The van der Waals surface area contributed by atoms with Gasteiger partial charge in [-0.05, 0) is 65.6 Å². The molecule has 0 fully saturated rings. The molecule has 8 heteroatoms. The van der Waals surface area contributed by atoms with Crippen molar-refractivity contribution in [3.63, 3.8) is 0 Å². The van der Waals surface area contributed by atoms with Gasteiger partial charge in [0.15, 0.2) is 0 Å². The third-order valence-electron chi connectivity index (χ3n) is 6.90. The Morgan fingerprint density at radius 1 is 0.825 bits per heavy atom. The molecule has 6 rings (SSSR count). The summed E-state index contributed by atoms with van der Waals surface area (Å²) >= 11 is 6.33. The Morgan fingerprint density at radius 2 is 1.57 bits per heavy atom. The van der Waals surface area contributed by atoms with Crippen molar-refractivity contribution in [1.82, 2.24) is 14.5 Å². The van der Waals surface area contributed by atoms with Gasteiger partial charge < -0.3 is 4.74 Å². The highest BCUT2D eigenvalue weighted by Gasteiger charge is 2.21. The van der Waals surface area contributed by atoms with Crippen LogP contribution in [0.25, 0.3) is 38.9 Å². The number of hydrogen-bond donors (Lipinski definition) is 0. The first kappa shape index (κ1) is 25.5. The number of nitro benzene ring substituents is 1. The first-order valence-electron chi connectivity index (χ1n) is 12.8. The Kier molecular flexibility index (Phi) is 6.24. The Hall–Kier alpha value is -4.75. The molecule has 0 spiro atoms. The van der Waals surface area contributed by atoms with E-state index in [4.69, 9.17) is 21.3 Å². The minimum atomic E-state index is -0.451. The molecule has 0 aliphatic rings. The maximum Gasteiger partial charge on any atom is 0.279 e. The zero-order valence-corrected chi connectivity index (χ0v) is 22.9. The van der Waals surface area contributed by atoms with E-state index in [2.05, 4.69) is 48.5 Å². The standard InChI is InChI=1S/C32H25ClN4O3/c1-32(2,3)20-14-16-34-30(17-20)36-27-9-5-4-7-23(27)24-12-10-22(19-29(24)36)40-21-11-13-28(37(38)39)25(18-21)31-26(33)8-6-15-35-31/h4-19H,1-3H3. The van der Waals surface area contributed by atoms with E-state index in [1.165, 1.54) is 11.6 Å². The summed E-state index contributed by atoms with van der Waals surface area (Å²) in [4.78, 5) is 20.3. The third-order valence-corrected chi connectivity index (χ3v) is 7.20. The van der Waals surface area contributed by atoms with E-state index in [-0.39, 0.29) is 16.7 Å². The van der Waals surface area contributed by atoms with Gasteiger partial charge in [0.05, 0.1) is 32.2 Å². The highest BCUT2D eigenvalue weighted by molar-refractivity contribution is 6.33. The highest BCUT2D eigenvalue weighted by atomic mass is 35.5. The second kappa shape index (κ2) is 9.77. The molecule has 0 aliphatic heterocycles. The molecule has 0 N–H and O–H groups in total. The first-order chi connectivity index (χ1) is 19.2. The van der Waals surface area contributed by atoms with Crippen molar-refractivity contribution in [2.24, 2.45) is 0 Å². The lowest BCUT2D eigenvalue weighted by Crippen LogP contribution is -2.12. The summed E-state index contributed by atoms with van der Waals surface area (Å²) in [6.07, 6.45) is 3.39. The topological polar surface area (TPSA) is 83.1 Å². The van der Waals surface area contributed by atoms with Crippen LogP contribution in [0, 0.1) is 10.1 Å². The van der Waals surface area contributed by atoms with Crippen molar-refractivity contribution in [1.29, 1.82) is 0 Å². The van der Waals surface area contributed by atoms with Gasteiger partial charge >= 0.3 is 0 Å². The van der Waals surface area contributed by atoms with E-state index in [0.29, 0.717) is 22.2 Å². The lowest BCUT2D eigenvalue weighted by atomic mass is 9.88. The Labute approximate surface area is 235 Å². The third kappa shape index (κ3) is 4.54. The van der Waals surface area contributed by atoms with Gasteiger partial charge in [-0.15, -0.1) is 0 Å². The maximum absolute atomic E-state index is 11.8. The van der Waals surface area contributed by atoms with E-state index in [1.54, 1.807) is 30.5 Å². The number of nitro groups is 1. The van der Waals surface area contributed by atoms with Crippen LogP contribution in [-0.2, 0) is 5.41 Å². The number of hydrogen-bond acceptors (Lipinski definition) is 5. The predicted molar refractivity (Wildman–Crippen MR) is 159 cm³/mol. The van der Waals surface area contributed by atoms with Gasteiger partial charge in [-0.2, -0.15) is 0 Å². The average Bonchev–Trinajstić information content (AvgIpc) is 3.26.